The Balaban J connectivity index is 0.000000237. The molecule has 0 unspecified atom stereocenters. The smallest absolute Gasteiger partial charge is 0.237 e. The number of nitrogen functional groups attached to an aromatic ring is 2. The Morgan fingerprint density at radius 3 is 2.00 bits per heavy atom. The van der Waals surface area contributed by atoms with Gasteiger partial charge in [-0.2, -0.15) is 0 Å². The van der Waals surface area contributed by atoms with E-state index in [1.165, 1.54) is 0 Å². The summed E-state index contributed by atoms with van der Waals surface area (Å²) in [6, 6.07) is 31.7. The van der Waals surface area contributed by atoms with Gasteiger partial charge < -0.3 is 41.6 Å². The van der Waals surface area contributed by atoms with Gasteiger partial charge in [0.25, 0.3) is 0 Å². The molecular formula is C42H52N8O5. The number of nitrogens with zero attached hydrogens (tertiary/aromatic N) is 1. The largest absolute Gasteiger partial charge is 0.497 e. The Morgan fingerprint density at radius 2 is 1.40 bits per heavy atom. The summed E-state index contributed by atoms with van der Waals surface area (Å²) in [5.74, 6) is 2.13. The average Bonchev–Trinajstić information content (AvgIpc) is 3.84. The highest BCUT2D eigenvalue weighted by atomic mass is 16.5. The van der Waals surface area contributed by atoms with E-state index in [2.05, 4.69) is 33.0 Å². The third-order valence-electron chi connectivity index (χ3n) is 9.37. The maximum Gasteiger partial charge on any atom is 0.237 e. The predicted molar refractivity (Wildman–Crippen MR) is 214 cm³/mol. The number of methoxy groups -OCH3 is 1. The van der Waals surface area contributed by atoms with Gasteiger partial charge in [-0.25, -0.2) is 0 Å². The molecule has 4 atom stereocenters. The molecule has 2 fully saturated rings. The van der Waals surface area contributed by atoms with Crippen LogP contribution in [-0.2, 0) is 22.7 Å². The van der Waals surface area contributed by atoms with E-state index in [0.29, 0.717) is 68.2 Å². The average molecular weight is 749 g/mol. The minimum Gasteiger partial charge on any atom is -0.497 e. The topological polar surface area (TPSA) is 201 Å². The van der Waals surface area contributed by atoms with Crippen LogP contribution in [0.1, 0.15) is 48.4 Å². The quantitative estimate of drug-likeness (QED) is 0.0695. The molecule has 4 aromatic carbocycles. The number of nitrogens with one attached hydrogen (secondary N) is 5. The molecule has 2 heterocycles. The van der Waals surface area contributed by atoms with E-state index in [1.54, 1.807) is 37.4 Å². The van der Waals surface area contributed by atoms with Crippen molar-refractivity contribution in [3.63, 3.8) is 0 Å². The Bertz CT molecular complexity index is 1890. The molecule has 0 radical (unpaired) electrons. The number of hydrogen-bond acceptors (Lipinski definition) is 9. The lowest BCUT2D eigenvalue weighted by molar-refractivity contribution is -0.126. The van der Waals surface area contributed by atoms with Gasteiger partial charge in [-0.3, -0.25) is 25.3 Å². The second-order valence-electron chi connectivity index (χ2n) is 13.6. The van der Waals surface area contributed by atoms with Crippen LogP contribution in [-0.4, -0.2) is 79.4 Å². The van der Waals surface area contributed by atoms with Crippen LogP contribution in [0.4, 0.5) is 0 Å². The third-order valence-corrected chi connectivity index (χ3v) is 9.37. The van der Waals surface area contributed by atoms with Crippen molar-refractivity contribution in [2.24, 2.45) is 11.5 Å². The number of benzene rings is 4. The number of amides is 2. The molecule has 0 bridgehead atoms. The molecule has 4 aromatic rings. The zero-order valence-corrected chi connectivity index (χ0v) is 31.4. The first-order chi connectivity index (χ1) is 26.6. The van der Waals surface area contributed by atoms with E-state index in [1.807, 2.05) is 67.6 Å². The predicted octanol–water partition coefficient (Wildman–Crippen LogP) is 3.92. The summed E-state index contributed by atoms with van der Waals surface area (Å²) in [6.45, 7) is 5.09. The fourth-order valence-corrected chi connectivity index (χ4v) is 6.49. The van der Waals surface area contributed by atoms with Crippen molar-refractivity contribution in [3.8, 4) is 17.2 Å². The summed E-state index contributed by atoms with van der Waals surface area (Å²) in [7, 11) is 1.63. The number of amidine groups is 2. The maximum absolute atomic E-state index is 13.2. The molecule has 290 valence electrons. The first-order valence-electron chi connectivity index (χ1n) is 18.5. The lowest BCUT2D eigenvalue weighted by Crippen LogP contribution is -2.42. The van der Waals surface area contributed by atoms with Crippen LogP contribution in [0.5, 0.6) is 17.2 Å². The van der Waals surface area contributed by atoms with Crippen molar-refractivity contribution in [2.45, 2.75) is 63.6 Å². The van der Waals surface area contributed by atoms with Crippen LogP contribution in [0.25, 0.3) is 0 Å². The van der Waals surface area contributed by atoms with Gasteiger partial charge in [-0.15, -0.1) is 0 Å². The summed E-state index contributed by atoms with van der Waals surface area (Å²) < 4.78 is 17.3. The molecular weight excluding hydrogens is 697 g/mol. The summed E-state index contributed by atoms with van der Waals surface area (Å²) in [4.78, 5) is 27.2. The van der Waals surface area contributed by atoms with Crippen molar-refractivity contribution in [3.05, 3.63) is 125 Å². The lowest BCUT2D eigenvalue weighted by atomic mass is 10.1. The minimum absolute atomic E-state index is 0.00152. The third kappa shape index (κ3) is 12.0. The van der Waals surface area contributed by atoms with Gasteiger partial charge in [-0.05, 0) is 53.9 Å². The van der Waals surface area contributed by atoms with Gasteiger partial charge in [0.15, 0.2) is 0 Å². The number of ether oxygens (including phenoxy) is 3. The van der Waals surface area contributed by atoms with Crippen LogP contribution in [0, 0.1) is 10.8 Å². The molecule has 2 amide bonds. The van der Waals surface area contributed by atoms with E-state index in [0.717, 1.165) is 23.3 Å². The first kappa shape index (κ1) is 40.3. The molecule has 2 aliphatic rings. The minimum atomic E-state index is -0.306. The highest BCUT2D eigenvalue weighted by Gasteiger charge is 2.38. The van der Waals surface area contributed by atoms with Gasteiger partial charge in [-0.1, -0.05) is 73.7 Å². The van der Waals surface area contributed by atoms with Crippen molar-refractivity contribution in [2.75, 3.05) is 26.7 Å². The Kier molecular flexibility index (Phi) is 14.6. The van der Waals surface area contributed by atoms with Crippen LogP contribution < -0.4 is 41.6 Å². The molecule has 55 heavy (non-hydrogen) atoms. The fraction of sp³-hybridized carbons (Fsp3) is 0.333. The number of likely N-dealkylation sites (tertiary alicyclic amines) is 1. The molecule has 9 N–H and O–H groups in total. The zero-order chi connectivity index (χ0) is 39.2. The molecule has 2 saturated heterocycles. The van der Waals surface area contributed by atoms with Crippen LogP contribution in [0.15, 0.2) is 103 Å². The molecule has 13 nitrogen and oxygen atoms in total. The van der Waals surface area contributed by atoms with Crippen LogP contribution >= 0.6 is 0 Å². The van der Waals surface area contributed by atoms with Gasteiger partial charge >= 0.3 is 0 Å². The maximum atomic E-state index is 13.2. The molecule has 6 rings (SSSR count). The molecule has 0 aromatic heterocycles. The SMILES string of the molecule is CCCNC(=O)[C@@H]1C[C@@H](Oc2cccc(C(=N)N)c2)CN1.COc1ccc(CNC(=O)[C@@H]2C[C@@H](Oc3cccc(C(=N)N)c3)CN2Cc2ccccc2)cc1. The van der Waals surface area contributed by atoms with Crippen molar-refractivity contribution in [1.29, 1.82) is 10.8 Å². The number of carbonyl (C=O) groups is 2. The second-order valence-corrected chi connectivity index (χ2v) is 13.6. The van der Waals surface area contributed by atoms with E-state index in [4.69, 9.17) is 36.5 Å². The molecule has 0 aliphatic carbocycles. The Morgan fingerprint density at radius 1 is 0.764 bits per heavy atom. The van der Waals surface area contributed by atoms with E-state index >= 15 is 0 Å². The summed E-state index contributed by atoms with van der Waals surface area (Å²) >= 11 is 0. The van der Waals surface area contributed by atoms with Gasteiger partial charge in [0.05, 0.1) is 19.2 Å². The normalized spacial score (nSPS) is 19.0. The summed E-state index contributed by atoms with van der Waals surface area (Å²) in [6.07, 6.45) is 1.94. The monoisotopic (exact) mass is 748 g/mol. The van der Waals surface area contributed by atoms with E-state index in [9.17, 15) is 9.59 Å². The molecule has 0 saturated carbocycles. The van der Waals surface area contributed by atoms with Crippen molar-refractivity contribution in [1.82, 2.24) is 20.9 Å². The highest BCUT2D eigenvalue weighted by Crippen LogP contribution is 2.26. The Hall–Kier alpha value is -5.92. The summed E-state index contributed by atoms with van der Waals surface area (Å²) in [5, 5.41) is 24.2. The van der Waals surface area contributed by atoms with Crippen molar-refractivity contribution < 1.29 is 23.8 Å². The number of nitrogens with two attached hydrogens (primary N) is 2. The zero-order valence-electron chi connectivity index (χ0n) is 31.4. The van der Waals surface area contributed by atoms with Gasteiger partial charge in [0, 0.05) is 56.7 Å². The van der Waals surface area contributed by atoms with Gasteiger partial charge in [0.2, 0.25) is 11.8 Å². The molecule has 2 aliphatic heterocycles. The van der Waals surface area contributed by atoms with Crippen LogP contribution in [0.2, 0.25) is 0 Å². The van der Waals surface area contributed by atoms with Gasteiger partial charge in [0.1, 0.15) is 41.1 Å². The number of rotatable bonds is 15. The number of carbonyl (C=O) groups excluding carboxylic acids is 2. The Labute approximate surface area is 322 Å². The van der Waals surface area contributed by atoms with E-state index < -0.39 is 0 Å². The fourth-order valence-electron chi connectivity index (χ4n) is 6.49. The highest BCUT2D eigenvalue weighted by molar-refractivity contribution is 5.95. The van der Waals surface area contributed by atoms with Crippen LogP contribution in [0.3, 0.4) is 0 Å². The first-order valence-corrected chi connectivity index (χ1v) is 18.5. The number of hydrogen-bond donors (Lipinski definition) is 7. The van der Waals surface area contributed by atoms with Crippen molar-refractivity contribution >= 4 is 23.5 Å². The van der Waals surface area contributed by atoms with E-state index in [-0.39, 0.29) is 47.8 Å². The standard InChI is InChI=1S/C27H30N4O3.C15H22N4O2/c1-33-22-12-10-19(11-13-22)16-30-27(32)25-15-24(18-31(25)17-20-6-3-2-4-7-20)34-23-9-5-8-21(14-23)26(28)29;1-2-6-18-15(20)13-8-12(9-19-13)21-11-5-3-4-10(7-11)14(16)17/h2-14,24-25H,15-18H2,1H3,(H3,28,29)(H,30,32);3-5,7,12-13,19H,2,6,8-9H2,1H3,(H3,16,17)(H,18,20)/t24-,25+;12-,13+/m11/s1. The molecule has 13 heteroatoms. The summed E-state index contributed by atoms with van der Waals surface area (Å²) in [5.41, 5.74) is 14.5. The lowest BCUT2D eigenvalue weighted by Gasteiger charge is -2.23. The second kappa shape index (κ2) is 20.0. The molecule has 0 spiro atoms.